The summed E-state index contributed by atoms with van der Waals surface area (Å²) in [6, 6.07) is 28.0. The number of rotatable bonds is 19. The number of hydrogen-bond donors (Lipinski definition) is 4. The van der Waals surface area contributed by atoms with Gasteiger partial charge in [0.2, 0.25) is 17.7 Å². The van der Waals surface area contributed by atoms with Crippen molar-refractivity contribution in [2.75, 3.05) is 69.7 Å². The maximum Gasteiger partial charge on any atom is 0.357 e. The molecular weight excluding hydrogens is 1130 g/mol. The molecule has 3 atom stereocenters. The predicted octanol–water partition coefficient (Wildman–Crippen LogP) is 7.96. The molecule has 0 unspecified atom stereocenters. The van der Waals surface area contributed by atoms with E-state index < -0.39 is 29.6 Å². The van der Waals surface area contributed by atoms with Gasteiger partial charge < -0.3 is 35.0 Å². The summed E-state index contributed by atoms with van der Waals surface area (Å²) in [7, 11) is 1.36. The number of hydrogen-bond acceptors (Lipinski definition) is 17. The number of amides is 4. The quantitative estimate of drug-likeness (QED) is 0.0344. The van der Waals surface area contributed by atoms with E-state index in [4.69, 9.17) is 14.5 Å². The van der Waals surface area contributed by atoms with Crippen LogP contribution in [-0.2, 0) is 45.1 Å². The number of benzene rings is 4. The summed E-state index contributed by atoms with van der Waals surface area (Å²) in [5, 5.41) is 20.9. The lowest BCUT2D eigenvalue weighted by Gasteiger charge is -2.51. The predicted molar refractivity (Wildman–Crippen MR) is 331 cm³/mol. The summed E-state index contributed by atoms with van der Waals surface area (Å²) < 4.78 is 12.3. The minimum atomic E-state index is -0.889. The van der Waals surface area contributed by atoms with Gasteiger partial charge in [-0.1, -0.05) is 92.5 Å². The monoisotopic (exact) mass is 1200 g/mol. The van der Waals surface area contributed by atoms with Gasteiger partial charge in [0.05, 0.1) is 52.7 Å². The zero-order valence-corrected chi connectivity index (χ0v) is 50.8. The minimum absolute atomic E-state index is 0.0169. The molecule has 0 saturated carbocycles. The van der Waals surface area contributed by atoms with Crippen molar-refractivity contribution >= 4 is 84.1 Å². The summed E-state index contributed by atoms with van der Waals surface area (Å²) in [5.74, 6) is 6.22. The van der Waals surface area contributed by atoms with Crippen LogP contribution in [0.2, 0.25) is 0 Å². The fourth-order valence-electron chi connectivity index (χ4n) is 11.4. The van der Waals surface area contributed by atoms with E-state index in [9.17, 15) is 29.1 Å². The van der Waals surface area contributed by atoms with Gasteiger partial charge in [-0.2, -0.15) is 0 Å². The zero-order valence-electron chi connectivity index (χ0n) is 48.4. The van der Waals surface area contributed by atoms with Crippen LogP contribution in [0.3, 0.4) is 0 Å². The van der Waals surface area contributed by atoms with Gasteiger partial charge in [0.1, 0.15) is 17.8 Å². The van der Waals surface area contributed by atoms with Gasteiger partial charge in [-0.25, -0.2) is 19.7 Å². The highest BCUT2D eigenvalue weighted by Gasteiger charge is 2.45. The Morgan fingerprint density at radius 1 is 0.906 bits per heavy atom. The number of likely N-dealkylation sites (tertiary alicyclic amines) is 3. The molecular formula is C64H70N10O8S3. The molecule has 3 fully saturated rings. The number of ether oxygens (including phenoxy) is 2. The molecule has 0 spiro atoms. The Kier molecular flexibility index (Phi) is 18.1. The molecule has 442 valence electrons. The number of anilines is 2. The van der Waals surface area contributed by atoms with Gasteiger partial charge in [0.25, 0.3) is 5.91 Å². The number of β-amino-alcohol motifs (C(OH)–C–C–N with tert-alkyl or cyclic N) is 1. The van der Waals surface area contributed by atoms with E-state index in [2.05, 4.69) is 58.5 Å². The number of methoxy groups -OCH3 is 1. The van der Waals surface area contributed by atoms with Crippen molar-refractivity contribution < 1.29 is 38.6 Å². The molecule has 4 amide bonds. The second kappa shape index (κ2) is 26.0. The van der Waals surface area contributed by atoms with Gasteiger partial charge in [-0.15, -0.1) is 22.7 Å². The van der Waals surface area contributed by atoms with Crippen LogP contribution in [-0.4, -0.2) is 148 Å². The van der Waals surface area contributed by atoms with E-state index in [1.807, 2.05) is 118 Å². The Hall–Kier alpha value is -7.58. The Morgan fingerprint density at radius 2 is 1.69 bits per heavy atom. The lowest BCUT2D eigenvalue weighted by Crippen LogP contribution is -2.66. The van der Waals surface area contributed by atoms with E-state index in [1.165, 1.54) is 34.7 Å². The highest BCUT2D eigenvalue weighted by molar-refractivity contribution is 7.22. The summed E-state index contributed by atoms with van der Waals surface area (Å²) in [6.45, 7) is 13.1. The number of thiazole rings is 3. The van der Waals surface area contributed by atoms with Gasteiger partial charge in [-0.3, -0.25) is 34.3 Å². The molecule has 0 radical (unpaired) electrons. The number of fused-ring (bicyclic) bond motifs is 2. The number of nitrogens with zero attached hydrogens (tertiary/aromatic N) is 7. The number of carbonyl (C=O) groups is 5. The molecule has 21 heteroatoms. The number of aliphatic hydroxyl groups excluding tert-OH is 1. The van der Waals surface area contributed by atoms with Gasteiger partial charge in [0.15, 0.2) is 16.0 Å². The first-order chi connectivity index (χ1) is 41.0. The SMILES string of the molecule is COC(=O)c1nc(N2CCc3cccc(C(=O)Nc4nc5ccccc5s4)c3C2)sc1CCCOc1ccc(C#CCC2CN(C3CN(CC(=O)N[C@H](C(=O)N4C[C@H](O)C[C@H]4C(=O)NCc4ccc(-c5scnc5C)cc4)C(C)(C)C)C3)C2)cc1. The van der Waals surface area contributed by atoms with Crippen molar-refractivity contribution in [1.29, 1.82) is 0 Å². The van der Waals surface area contributed by atoms with Crippen molar-refractivity contribution in [3.05, 3.63) is 141 Å². The number of nitrogens with one attached hydrogen (secondary N) is 3. The first-order valence-corrected chi connectivity index (χ1v) is 31.4. The molecule has 4 aliphatic heterocycles. The van der Waals surface area contributed by atoms with E-state index in [1.54, 1.807) is 11.3 Å². The molecule has 18 nitrogen and oxygen atoms in total. The van der Waals surface area contributed by atoms with Crippen molar-refractivity contribution in [3.63, 3.8) is 0 Å². The van der Waals surface area contributed by atoms with Crippen LogP contribution >= 0.6 is 34.0 Å². The van der Waals surface area contributed by atoms with Gasteiger partial charge >= 0.3 is 5.97 Å². The third-order valence-electron chi connectivity index (χ3n) is 16.2. The third kappa shape index (κ3) is 13.9. The van der Waals surface area contributed by atoms with Crippen LogP contribution in [0.5, 0.6) is 5.75 Å². The van der Waals surface area contributed by atoms with Crippen molar-refractivity contribution in [2.24, 2.45) is 11.3 Å². The lowest BCUT2D eigenvalue weighted by molar-refractivity contribution is -0.144. The molecule has 4 N–H and O–H groups in total. The molecule has 3 aromatic heterocycles. The summed E-state index contributed by atoms with van der Waals surface area (Å²) >= 11 is 4.50. The second-order valence-electron chi connectivity index (χ2n) is 23.4. The highest BCUT2D eigenvalue weighted by Crippen LogP contribution is 2.35. The van der Waals surface area contributed by atoms with Crippen LogP contribution in [0.1, 0.15) is 93.7 Å². The third-order valence-corrected chi connectivity index (χ3v) is 19.3. The first-order valence-electron chi connectivity index (χ1n) is 28.9. The minimum Gasteiger partial charge on any atom is -0.494 e. The summed E-state index contributed by atoms with van der Waals surface area (Å²) in [5.41, 5.74) is 8.81. The number of carbonyl (C=O) groups excluding carboxylic acids is 5. The van der Waals surface area contributed by atoms with Crippen LogP contribution in [0.15, 0.2) is 96.5 Å². The molecule has 3 saturated heterocycles. The second-order valence-corrected chi connectivity index (χ2v) is 26.4. The topological polar surface area (TPSA) is 212 Å². The van der Waals surface area contributed by atoms with E-state index >= 15 is 0 Å². The van der Waals surface area contributed by atoms with Gasteiger partial charge in [0, 0.05) is 87.2 Å². The normalized spacial score (nSPS) is 17.7. The summed E-state index contributed by atoms with van der Waals surface area (Å²) in [4.78, 5) is 91.6. The fraction of sp³-hybridized carbons (Fsp3) is 0.406. The Morgan fingerprint density at radius 3 is 2.44 bits per heavy atom. The fourth-order valence-corrected chi connectivity index (χ4v) is 14.2. The van der Waals surface area contributed by atoms with Crippen molar-refractivity contribution in [3.8, 4) is 28.0 Å². The molecule has 11 rings (SSSR count). The maximum absolute atomic E-state index is 14.2. The first kappa shape index (κ1) is 59.2. The van der Waals surface area contributed by atoms with Crippen molar-refractivity contribution in [2.45, 2.75) is 97.1 Å². The standard InChI is InChI=1S/C64H70N10O8S3/c1-39-56(83-38-66-39)44-22-18-41(19-23-44)30-65-59(78)51-29-46(75)35-74(51)60(79)57(64(2,3)4)68-54(76)37-71-33-45(34-71)73-31-42(32-73)12-8-11-40-20-24-47(25-21-40)82-28-10-17-53-55(61(80)81-5)69-63(85-53)72-27-26-43-13-9-14-48(49(43)36-72)58(77)70-62-67-50-15-6-7-16-52(50)84-62/h6-7,9,13-16,18-25,38,42,45-46,51,57,75H,10,12,17,26-37H2,1-5H3,(H,65,78)(H,68,76)(H,67,70,77)/t46-,51+,57-/m1/s1. The number of aromatic nitrogens is 3. The largest absolute Gasteiger partial charge is 0.494 e. The van der Waals surface area contributed by atoms with Gasteiger partial charge in [-0.05, 0) is 102 Å². The molecule has 4 aromatic carbocycles. The Balaban J connectivity index is 0.588. The van der Waals surface area contributed by atoms with Crippen LogP contribution < -0.4 is 25.6 Å². The van der Waals surface area contributed by atoms with Crippen molar-refractivity contribution in [1.82, 2.24) is 40.3 Å². The molecule has 7 heterocycles. The van der Waals surface area contributed by atoms with E-state index in [0.29, 0.717) is 66.0 Å². The van der Waals surface area contributed by atoms with Crippen LogP contribution in [0, 0.1) is 30.1 Å². The Labute approximate surface area is 507 Å². The highest BCUT2D eigenvalue weighted by atomic mass is 32.1. The number of aryl methyl sites for hydroxylation is 2. The number of esters is 1. The molecule has 4 aliphatic rings. The smallest absolute Gasteiger partial charge is 0.357 e. The number of para-hydroxylation sites is 1. The maximum atomic E-state index is 14.2. The van der Waals surface area contributed by atoms with E-state index in [0.717, 1.165) is 98.3 Å². The average molecular weight is 1200 g/mol. The van der Waals surface area contributed by atoms with Crippen LogP contribution in [0.25, 0.3) is 20.7 Å². The molecule has 0 aliphatic carbocycles. The summed E-state index contributed by atoms with van der Waals surface area (Å²) in [6.07, 6.45) is 2.02. The molecule has 0 bridgehead atoms. The zero-order chi connectivity index (χ0) is 59.4. The molecule has 7 aromatic rings. The van der Waals surface area contributed by atoms with E-state index in [-0.39, 0.29) is 49.7 Å². The Bertz CT molecular complexity index is 3610. The molecule has 85 heavy (non-hydrogen) atoms. The number of aliphatic hydroxyl groups is 1. The van der Waals surface area contributed by atoms with Crippen LogP contribution in [0.4, 0.5) is 10.3 Å². The average Bonchev–Trinajstić information content (AvgIpc) is 4.34. The lowest BCUT2D eigenvalue weighted by atomic mass is 9.85.